The van der Waals surface area contributed by atoms with Crippen molar-refractivity contribution in [2.75, 3.05) is 13.1 Å². The number of nitrogens with one attached hydrogen (secondary N) is 3. The summed E-state index contributed by atoms with van der Waals surface area (Å²) < 4.78 is 18.0. The Morgan fingerprint density at radius 2 is 2.08 bits per heavy atom. The first-order valence-corrected chi connectivity index (χ1v) is 7.99. The van der Waals surface area contributed by atoms with Crippen LogP contribution in [-0.4, -0.2) is 30.1 Å². The first kappa shape index (κ1) is 16.9. The monoisotopic (exact) mass is 347 g/mol. The Morgan fingerprint density at radius 3 is 2.80 bits per heavy atom. The first-order chi connectivity index (χ1) is 12.0. The van der Waals surface area contributed by atoms with Gasteiger partial charge in [0.15, 0.2) is 0 Å². The molecule has 1 atom stereocenters. The second kappa shape index (κ2) is 6.92. The Bertz CT molecular complexity index is 871. The van der Waals surface area contributed by atoms with E-state index in [2.05, 4.69) is 15.8 Å². The quantitative estimate of drug-likeness (QED) is 0.678. The van der Waals surface area contributed by atoms with Crippen LogP contribution in [-0.2, 0) is 11.2 Å². The van der Waals surface area contributed by atoms with E-state index in [9.17, 15) is 18.8 Å². The third kappa shape index (κ3) is 3.47. The molecule has 0 fully saturated rings. The molecule has 2 amide bonds. The lowest BCUT2D eigenvalue weighted by molar-refractivity contribution is -0.123. The van der Waals surface area contributed by atoms with Crippen LogP contribution in [0, 0.1) is 12.7 Å². The molecular formula is C17H18FN3O4. The second-order valence-corrected chi connectivity index (χ2v) is 5.96. The number of amides is 2. The maximum absolute atomic E-state index is 13.2. The summed E-state index contributed by atoms with van der Waals surface area (Å²) >= 11 is 0. The average Bonchev–Trinajstić information content (AvgIpc) is 2.89. The van der Waals surface area contributed by atoms with Gasteiger partial charge in [0.25, 0.3) is 11.5 Å². The summed E-state index contributed by atoms with van der Waals surface area (Å²) in [4.78, 5) is 35.4. The Hall–Kier alpha value is -2.90. The van der Waals surface area contributed by atoms with Crippen LogP contribution < -0.4 is 16.2 Å². The SMILES string of the molecule is Cc1o[nH]c(=O)c1C(=O)NCCCNC(=O)C1Cc2ccc(F)cc21. The van der Waals surface area contributed by atoms with Crippen LogP contribution in [0.3, 0.4) is 0 Å². The molecule has 0 bridgehead atoms. The molecule has 1 aromatic carbocycles. The first-order valence-electron chi connectivity index (χ1n) is 7.99. The maximum atomic E-state index is 13.2. The van der Waals surface area contributed by atoms with Crippen molar-refractivity contribution in [2.45, 2.75) is 25.7 Å². The van der Waals surface area contributed by atoms with Gasteiger partial charge >= 0.3 is 0 Å². The fourth-order valence-corrected chi connectivity index (χ4v) is 2.87. The summed E-state index contributed by atoms with van der Waals surface area (Å²) in [5.41, 5.74) is 1.12. The van der Waals surface area contributed by atoms with Crippen molar-refractivity contribution in [3.05, 3.63) is 56.8 Å². The second-order valence-electron chi connectivity index (χ2n) is 5.96. The molecule has 2 aromatic rings. The van der Waals surface area contributed by atoms with Crippen LogP contribution in [0.15, 0.2) is 27.5 Å². The van der Waals surface area contributed by atoms with Gasteiger partial charge in [0.05, 0.1) is 5.92 Å². The molecule has 25 heavy (non-hydrogen) atoms. The van der Waals surface area contributed by atoms with Crippen molar-refractivity contribution in [3.63, 3.8) is 0 Å². The number of halogens is 1. The highest BCUT2D eigenvalue weighted by Gasteiger charge is 2.32. The molecule has 132 valence electrons. The molecule has 7 nitrogen and oxygen atoms in total. The van der Waals surface area contributed by atoms with E-state index in [4.69, 9.17) is 4.52 Å². The standard InChI is InChI=1S/C17H18FN3O4/c1-9-14(17(24)21-25-9)16(23)20-6-2-5-19-15(22)13-7-10-3-4-11(18)8-12(10)13/h3-4,8,13H,2,5-7H2,1H3,(H,19,22)(H,20,23)(H,21,24). The van der Waals surface area contributed by atoms with Gasteiger partial charge < -0.3 is 15.2 Å². The van der Waals surface area contributed by atoms with Crippen LogP contribution in [0.5, 0.6) is 0 Å². The molecule has 3 rings (SSSR count). The highest BCUT2D eigenvalue weighted by molar-refractivity contribution is 5.94. The minimum atomic E-state index is -0.570. The van der Waals surface area contributed by atoms with E-state index in [1.807, 2.05) is 0 Å². The number of carbonyl (C=O) groups excluding carboxylic acids is 2. The number of hydrogen-bond acceptors (Lipinski definition) is 4. The summed E-state index contributed by atoms with van der Waals surface area (Å²) in [5.74, 6) is -1.09. The van der Waals surface area contributed by atoms with Crippen LogP contribution in [0.25, 0.3) is 0 Å². The number of aryl methyl sites for hydroxylation is 1. The van der Waals surface area contributed by atoms with Crippen molar-refractivity contribution in [3.8, 4) is 0 Å². The third-order valence-corrected chi connectivity index (χ3v) is 4.27. The van der Waals surface area contributed by atoms with Crippen LogP contribution >= 0.6 is 0 Å². The van der Waals surface area contributed by atoms with E-state index in [0.29, 0.717) is 25.9 Å². The Balaban J connectivity index is 1.40. The van der Waals surface area contributed by atoms with Crippen molar-refractivity contribution in [1.29, 1.82) is 0 Å². The molecule has 8 heteroatoms. The fourth-order valence-electron chi connectivity index (χ4n) is 2.87. The summed E-state index contributed by atoms with van der Waals surface area (Å²) in [6.07, 6.45) is 1.12. The zero-order valence-corrected chi connectivity index (χ0v) is 13.6. The molecule has 0 saturated heterocycles. The smallest absolute Gasteiger partial charge is 0.293 e. The van der Waals surface area contributed by atoms with Gasteiger partial charge in [0.2, 0.25) is 5.91 Å². The highest BCUT2D eigenvalue weighted by atomic mass is 19.1. The molecule has 3 N–H and O–H groups in total. The van der Waals surface area contributed by atoms with E-state index in [1.165, 1.54) is 19.1 Å². The normalized spacial score (nSPS) is 15.2. The number of aromatic nitrogens is 1. The number of benzene rings is 1. The predicted molar refractivity (Wildman–Crippen MR) is 86.9 cm³/mol. The van der Waals surface area contributed by atoms with E-state index >= 15 is 0 Å². The lowest BCUT2D eigenvalue weighted by Gasteiger charge is -2.29. The van der Waals surface area contributed by atoms with Gasteiger partial charge in [-0.15, -0.1) is 0 Å². The number of rotatable bonds is 6. The molecule has 1 heterocycles. The summed E-state index contributed by atoms with van der Waals surface area (Å²) in [7, 11) is 0. The van der Waals surface area contributed by atoms with Gasteiger partial charge in [-0.3, -0.25) is 14.4 Å². The lowest BCUT2D eigenvalue weighted by atomic mass is 9.77. The maximum Gasteiger partial charge on any atom is 0.293 e. The minimum absolute atomic E-state index is 0.0443. The molecule has 1 aliphatic carbocycles. The predicted octanol–water partition coefficient (Wildman–Crippen LogP) is 0.991. The third-order valence-electron chi connectivity index (χ3n) is 4.27. The Labute approximate surface area is 142 Å². The number of hydrogen-bond donors (Lipinski definition) is 3. The topological polar surface area (TPSA) is 104 Å². The lowest BCUT2D eigenvalue weighted by Crippen LogP contribution is -2.37. The summed E-state index contributed by atoms with van der Waals surface area (Å²) in [6, 6.07) is 4.49. The molecule has 1 aliphatic rings. The van der Waals surface area contributed by atoms with Gasteiger partial charge in [-0.05, 0) is 43.0 Å². The minimum Gasteiger partial charge on any atom is -0.383 e. The number of carbonyl (C=O) groups is 2. The summed E-state index contributed by atoms with van der Waals surface area (Å²) in [6.45, 7) is 2.20. The van der Waals surface area contributed by atoms with Gasteiger partial charge in [-0.25, -0.2) is 4.39 Å². The van der Waals surface area contributed by atoms with Crippen LogP contribution in [0.1, 0.15) is 39.6 Å². The van der Waals surface area contributed by atoms with E-state index in [-0.39, 0.29) is 29.0 Å². The van der Waals surface area contributed by atoms with Crippen molar-refractivity contribution in [1.82, 2.24) is 15.8 Å². The molecule has 1 aromatic heterocycles. The average molecular weight is 347 g/mol. The zero-order valence-electron chi connectivity index (χ0n) is 13.6. The number of H-pyrrole nitrogens is 1. The summed E-state index contributed by atoms with van der Waals surface area (Å²) in [5, 5.41) is 7.47. The fraction of sp³-hybridized carbons (Fsp3) is 0.353. The number of aromatic amines is 1. The Morgan fingerprint density at radius 1 is 1.32 bits per heavy atom. The van der Waals surface area contributed by atoms with E-state index < -0.39 is 11.5 Å². The van der Waals surface area contributed by atoms with Crippen molar-refractivity contribution in [2.24, 2.45) is 0 Å². The van der Waals surface area contributed by atoms with Crippen LogP contribution in [0.4, 0.5) is 4.39 Å². The van der Waals surface area contributed by atoms with E-state index in [1.54, 1.807) is 6.07 Å². The molecule has 0 aliphatic heterocycles. The van der Waals surface area contributed by atoms with Crippen LogP contribution in [0.2, 0.25) is 0 Å². The zero-order chi connectivity index (χ0) is 18.0. The largest absolute Gasteiger partial charge is 0.383 e. The molecule has 0 spiro atoms. The number of fused-ring (bicyclic) bond motifs is 1. The van der Waals surface area contributed by atoms with Gasteiger partial charge in [0, 0.05) is 13.1 Å². The highest BCUT2D eigenvalue weighted by Crippen LogP contribution is 2.35. The molecular weight excluding hydrogens is 329 g/mol. The van der Waals surface area contributed by atoms with Gasteiger partial charge in [0.1, 0.15) is 17.1 Å². The molecule has 0 radical (unpaired) electrons. The van der Waals surface area contributed by atoms with Crippen molar-refractivity contribution >= 4 is 11.8 Å². The molecule has 1 unspecified atom stereocenters. The molecule has 0 saturated carbocycles. The van der Waals surface area contributed by atoms with Gasteiger partial charge in [-0.1, -0.05) is 6.07 Å². The Kier molecular flexibility index (Phi) is 4.69. The van der Waals surface area contributed by atoms with Gasteiger partial charge in [-0.2, -0.15) is 5.16 Å². The van der Waals surface area contributed by atoms with E-state index in [0.717, 1.165) is 11.1 Å². The van der Waals surface area contributed by atoms with Crippen molar-refractivity contribution < 1.29 is 18.5 Å².